The molecule has 0 aromatic carbocycles. The minimum absolute atomic E-state index is 0.309. The average molecular weight is 322 g/mol. The fourth-order valence-electron chi connectivity index (χ4n) is 3.07. The number of rotatable bonds is 5. The Morgan fingerprint density at radius 2 is 1.95 bits per heavy atom. The molecule has 2 fully saturated rings. The van der Waals surface area contributed by atoms with E-state index in [9.17, 15) is 0 Å². The first kappa shape index (κ1) is 16.0. The van der Waals surface area contributed by atoms with E-state index in [1.165, 1.54) is 31.0 Å². The van der Waals surface area contributed by atoms with Crippen LogP contribution in [0.15, 0.2) is 12.1 Å². The largest absolute Gasteiger partial charge is 0.373 e. The Labute approximate surface area is 137 Å². The molecule has 2 atom stereocenters. The van der Waals surface area contributed by atoms with Gasteiger partial charge in [-0.25, -0.2) is 0 Å². The topological polar surface area (TPSA) is 41.5 Å². The molecule has 1 aromatic rings. The molecule has 2 saturated heterocycles. The molecule has 0 N–H and O–H groups in total. The fraction of sp³-hybridized carbons (Fsp3) is 0.750. The molecular weight excluding hydrogens is 296 g/mol. The highest BCUT2D eigenvalue weighted by Gasteiger charge is 2.27. The molecule has 0 aliphatic carbocycles. The van der Waals surface area contributed by atoms with E-state index >= 15 is 0 Å². The van der Waals surface area contributed by atoms with Gasteiger partial charge in [-0.2, -0.15) is 16.9 Å². The first-order chi connectivity index (χ1) is 10.7. The number of thioether (sulfide) groups is 1. The number of hydrogen-bond acceptors (Lipinski definition) is 6. The van der Waals surface area contributed by atoms with Crippen LogP contribution in [0.2, 0.25) is 0 Å². The molecule has 0 unspecified atom stereocenters. The zero-order chi connectivity index (χ0) is 15.4. The third-order valence-corrected chi connectivity index (χ3v) is 5.30. The monoisotopic (exact) mass is 322 g/mol. The Balaban J connectivity index is 1.46. The van der Waals surface area contributed by atoms with Crippen LogP contribution in [-0.2, 0) is 11.2 Å². The van der Waals surface area contributed by atoms with Gasteiger partial charge in [-0.1, -0.05) is 0 Å². The van der Waals surface area contributed by atoms with Crippen LogP contribution in [0.4, 0.5) is 5.82 Å². The highest BCUT2D eigenvalue weighted by molar-refractivity contribution is 7.99. The van der Waals surface area contributed by atoms with Gasteiger partial charge in [0.15, 0.2) is 5.82 Å². The van der Waals surface area contributed by atoms with E-state index in [4.69, 9.17) is 4.74 Å². The number of nitrogens with zero attached hydrogens (tertiary/aromatic N) is 4. The maximum absolute atomic E-state index is 6.22. The Morgan fingerprint density at radius 1 is 1.18 bits per heavy atom. The molecule has 22 heavy (non-hydrogen) atoms. The van der Waals surface area contributed by atoms with Crippen LogP contribution in [0.5, 0.6) is 0 Å². The van der Waals surface area contributed by atoms with Gasteiger partial charge in [-0.3, -0.25) is 4.90 Å². The van der Waals surface area contributed by atoms with Crippen LogP contribution in [0, 0.1) is 0 Å². The van der Waals surface area contributed by atoms with Crippen molar-refractivity contribution in [1.29, 1.82) is 0 Å². The molecule has 0 radical (unpaired) electrons. The van der Waals surface area contributed by atoms with E-state index in [2.05, 4.69) is 32.9 Å². The third kappa shape index (κ3) is 4.33. The summed E-state index contributed by atoms with van der Waals surface area (Å²) in [5.74, 6) is 3.44. The summed E-state index contributed by atoms with van der Waals surface area (Å²) in [4.78, 5) is 4.52. The van der Waals surface area contributed by atoms with Gasteiger partial charge in [0.1, 0.15) is 0 Å². The molecule has 5 nitrogen and oxygen atoms in total. The first-order valence-corrected chi connectivity index (χ1v) is 9.31. The second-order valence-corrected chi connectivity index (χ2v) is 7.58. The van der Waals surface area contributed by atoms with Crippen molar-refractivity contribution in [3.8, 4) is 0 Å². The highest BCUT2D eigenvalue weighted by Crippen LogP contribution is 2.24. The first-order valence-electron chi connectivity index (χ1n) is 8.16. The Kier molecular flexibility index (Phi) is 5.55. The molecular formula is C16H26N4OS. The molecule has 6 heteroatoms. The Hall–Kier alpha value is -0.850. The van der Waals surface area contributed by atoms with E-state index in [1.54, 1.807) is 0 Å². The van der Waals surface area contributed by atoms with Gasteiger partial charge in [0.2, 0.25) is 0 Å². The van der Waals surface area contributed by atoms with Gasteiger partial charge in [-0.05, 0) is 25.0 Å². The van der Waals surface area contributed by atoms with E-state index in [0.717, 1.165) is 30.9 Å². The maximum atomic E-state index is 6.22. The summed E-state index contributed by atoms with van der Waals surface area (Å²) in [5.41, 5.74) is 1.03. The Morgan fingerprint density at radius 3 is 2.64 bits per heavy atom. The van der Waals surface area contributed by atoms with Crippen molar-refractivity contribution >= 4 is 17.6 Å². The minimum Gasteiger partial charge on any atom is -0.373 e. The van der Waals surface area contributed by atoms with E-state index in [0.29, 0.717) is 12.2 Å². The van der Waals surface area contributed by atoms with E-state index in [1.807, 2.05) is 25.1 Å². The van der Waals surface area contributed by atoms with Crippen molar-refractivity contribution in [3.05, 3.63) is 17.8 Å². The van der Waals surface area contributed by atoms with Crippen molar-refractivity contribution in [3.63, 3.8) is 0 Å². The Bertz CT molecular complexity index is 462. The van der Waals surface area contributed by atoms with Crippen LogP contribution < -0.4 is 4.90 Å². The molecule has 0 spiro atoms. The lowest BCUT2D eigenvalue weighted by Gasteiger charge is -2.28. The van der Waals surface area contributed by atoms with Gasteiger partial charge in [-0.15, -0.1) is 5.10 Å². The quantitative estimate of drug-likeness (QED) is 0.822. The molecule has 0 bridgehead atoms. The summed E-state index contributed by atoms with van der Waals surface area (Å²) in [7, 11) is 3.96. The molecule has 0 saturated carbocycles. The van der Waals surface area contributed by atoms with Crippen LogP contribution in [0.25, 0.3) is 0 Å². The summed E-state index contributed by atoms with van der Waals surface area (Å²) in [6.45, 7) is 3.53. The van der Waals surface area contributed by atoms with Crippen molar-refractivity contribution < 1.29 is 4.74 Å². The number of ether oxygens (including phenoxy) is 1. The number of hydrogen-bond donors (Lipinski definition) is 0. The van der Waals surface area contributed by atoms with E-state index < -0.39 is 0 Å². The zero-order valence-corrected chi connectivity index (χ0v) is 14.4. The lowest BCUT2D eigenvalue weighted by atomic mass is 10.1. The maximum Gasteiger partial charge on any atom is 0.150 e. The van der Waals surface area contributed by atoms with Gasteiger partial charge < -0.3 is 9.64 Å². The summed E-state index contributed by atoms with van der Waals surface area (Å²) < 4.78 is 6.22. The lowest BCUT2D eigenvalue weighted by molar-refractivity contribution is 0.0246. The average Bonchev–Trinajstić information content (AvgIpc) is 2.96. The van der Waals surface area contributed by atoms with Gasteiger partial charge in [0.05, 0.1) is 17.9 Å². The molecule has 2 aliphatic heterocycles. The third-order valence-electron chi connectivity index (χ3n) is 4.36. The molecule has 1 aromatic heterocycles. The zero-order valence-electron chi connectivity index (χ0n) is 13.6. The van der Waals surface area contributed by atoms with Gasteiger partial charge in [0, 0.05) is 51.7 Å². The predicted molar refractivity (Wildman–Crippen MR) is 91.7 cm³/mol. The second kappa shape index (κ2) is 7.62. The second-order valence-electron chi connectivity index (χ2n) is 6.35. The SMILES string of the molecule is CN(C)c1ccc(C[C@@H]2CC[C@H](CN3CCSCC3)O2)nn1. The normalized spacial score (nSPS) is 26.3. The molecule has 3 rings (SSSR count). The minimum atomic E-state index is 0.309. The smallest absolute Gasteiger partial charge is 0.150 e. The standard InChI is InChI=1S/C16H26N4OS/c1-19(2)16-6-3-13(17-18-16)11-14-4-5-15(21-14)12-20-7-9-22-10-8-20/h3,6,14-15H,4-5,7-12H2,1-2H3/t14-,15+/m0/s1. The molecule has 0 amide bonds. The molecule has 3 heterocycles. The predicted octanol–water partition coefficient (Wildman–Crippen LogP) is 1.68. The van der Waals surface area contributed by atoms with Crippen LogP contribution in [0.3, 0.4) is 0 Å². The van der Waals surface area contributed by atoms with Crippen molar-refractivity contribution in [2.24, 2.45) is 0 Å². The highest BCUT2D eigenvalue weighted by atomic mass is 32.2. The van der Waals surface area contributed by atoms with Crippen LogP contribution >= 0.6 is 11.8 Å². The molecule has 2 aliphatic rings. The number of aromatic nitrogens is 2. The van der Waals surface area contributed by atoms with Crippen molar-refractivity contribution in [1.82, 2.24) is 15.1 Å². The fourth-order valence-corrected chi connectivity index (χ4v) is 4.05. The van der Waals surface area contributed by atoms with Crippen molar-refractivity contribution in [2.75, 3.05) is 50.1 Å². The summed E-state index contributed by atoms with van der Waals surface area (Å²) in [5, 5.41) is 8.56. The summed E-state index contributed by atoms with van der Waals surface area (Å²) in [6.07, 6.45) is 3.92. The molecule has 122 valence electrons. The summed E-state index contributed by atoms with van der Waals surface area (Å²) in [6, 6.07) is 4.10. The summed E-state index contributed by atoms with van der Waals surface area (Å²) >= 11 is 2.06. The van der Waals surface area contributed by atoms with Crippen molar-refractivity contribution in [2.45, 2.75) is 31.5 Å². The van der Waals surface area contributed by atoms with Gasteiger partial charge >= 0.3 is 0 Å². The van der Waals surface area contributed by atoms with Gasteiger partial charge in [0.25, 0.3) is 0 Å². The van der Waals surface area contributed by atoms with E-state index in [-0.39, 0.29) is 0 Å². The number of anilines is 1. The lowest BCUT2D eigenvalue weighted by Crippen LogP contribution is -2.38. The van der Waals surface area contributed by atoms with Crippen LogP contribution in [-0.4, -0.2) is 72.5 Å². The van der Waals surface area contributed by atoms with Crippen LogP contribution in [0.1, 0.15) is 18.5 Å².